The molecule has 0 saturated carbocycles. The summed E-state index contributed by atoms with van der Waals surface area (Å²) in [6.45, 7) is 8.06. The van der Waals surface area contributed by atoms with E-state index in [2.05, 4.69) is 29.6 Å². The van der Waals surface area contributed by atoms with Crippen LogP contribution in [0.5, 0.6) is 0 Å². The molecular weight excluding hydrogens is 274 g/mol. The summed E-state index contributed by atoms with van der Waals surface area (Å²) >= 11 is 0. The van der Waals surface area contributed by atoms with Gasteiger partial charge >= 0.3 is 5.97 Å². The zero-order valence-corrected chi connectivity index (χ0v) is 13.0. The van der Waals surface area contributed by atoms with E-state index in [1.165, 1.54) is 6.20 Å². The van der Waals surface area contributed by atoms with Gasteiger partial charge in [0.1, 0.15) is 12.2 Å². The van der Waals surface area contributed by atoms with Gasteiger partial charge in [0.25, 0.3) is 0 Å². The summed E-state index contributed by atoms with van der Waals surface area (Å²) in [5.41, 5.74) is 1.16. The lowest BCUT2D eigenvalue weighted by molar-refractivity contribution is 0.0690. The third-order valence-corrected chi connectivity index (χ3v) is 4.61. The molecule has 0 aliphatic heterocycles. The first kappa shape index (κ1) is 14.7. The van der Waals surface area contributed by atoms with Crippen LogP contribution in [0.4, 0.5) is 0 Å². The molecule has 0 unspecified atom stereocenters. The highest BCUT2D eigenvalue weighted by molar-refractivity contribution is 6.76. The van der Waals surface area contributed by atoms with E-state index in [9.17, 15) is 4.79 Å². The first-order chi connectivity index (χ1) is 9.37. The van der Waals surface area contributed by atoms with Crippen molar-refractivity contribution in [3.8, 4) is 0 Å². The normalized spacial score (nSPS) is 11.9. The molecule has 0 spiro atoms. The standard InChI is InChI=1S/C13H19N3O3Si/c1-20(2,3)7-6-19-9-16-5-4-10-12(16)14-8-11(15-10)13(17)18/h4-5,8H,6-7,9H2,1-3H3,(H,17,18). The minimum atomic E-state index is -1.08. The Labute approximate surface area is 118 Å². The predicted molar refractivity (Wildman–Crippen MR) is 78.6 cm³/mol. The molecule has 108 valence electrons. The molecule has 0 bridgehead atoms. The SMILES string of the molecule is C[Si](C)(C)CCOCn1ccc2nc(C(=O)O)cnc21. The Bertz CT molecular complexity index is 619. The number of nitrogens with zero attached hydrogens (tertiary/aromatic N) is 3. The van der Waals surface area contributed by atoms with Crippen LogP contribution in [-0.4, -0.2) is 40.3 Å². The van der Waals surface area contributed by atoms with E-state index in [0.29, 0.717) is 17.9 Å². The van der Waals surface area contributed by atoms with Crippen LogP contribution < -0.4 is 0 Å². The van der Waals surface area contributed by atoms with Crippen molar-refractivity contribution in [1.29, 1.82) is 0 Å². The maximum Gasteiger partial charge on any atom is 0.356 e. The molecule has 0 saturated heterocycles. The van der Waals surface area contributed by atoms with Crippen LogP contribution in [0.1, 0.15) is 10.5 Å². The molecule has 0 aliphatic carbocycles. The minimum absolute atomic E-state index is 0.0464. The average molecular weight is 293 g/mol. The van der Waals surface area contributed by atoms with Crippen LogP contribution in [0.15, 0.2) is 18.5 Å². The van der Waals surface area contributed by atoms with Crippen molar-refractivity contribution in [1.82, 2.24) is 14.5 Å². The van der Waals surface area contributed by atoms with Gasteiger partial charge < -0.3 is 14.4 Å². The highest BCUT2D eigenvalue weighted by Gasteiger charge is 2.13. The summed E-state index contributed by atoms with van der Waals surface area (Å²) in [6, 6.07) is 2.86. The first-order valence-corrected chi connectivity index (χ1v) is 10.2. The van der Waals surface area contributed by atoms with Crippen molar-refractivity contribution in [2.24, 2.45) is 0 Å². The highest BCUT2D eigenvalue weighted by atomic mass is 28.3. The maximum atomic E-state index is 10.8. The zero-order valence-electron chi connectivity index (χ0n) is 12.0. The van der Waals surface area contributed by atoms with Gasteiger partial charge in [0.15, 0.2) is 11.3 Å². The van der Waals surface area contributed by atoms with Crippen molar-refractivity contribution < 1.29 is 14.6 Å². The Hall–Kier alpha value is -1.73. The van der Waals surface area contributed by atoms with E-state index in [1.807, 2.05) is 10.8 Å². The Morgan fingerprint density at radius 1 is 1.45 bits per heavy atom. The van der Waals surface area contributed by atoms with Gasteiger partial charge in [-0.15, -0.1) is 0 Å². The molecule has 0 atom stereocenters. The van der Waals surface area contributed by atoms with Crippen molar-refractivity contribution in [3.05, 3.63) is 24.2 Å². The van der Waals surface area contributed by atoms with Crippen LogP contribution in [0.25, 0.3) is 11.2 Å². The van der Waals surface area contributed by atoms with Gasteiger partial charge in [0.05, 0.1) is 6.20 Å². The van der Waals surface area contributed by atoms with Crippen LogP contribution in [0, 0.1) is 0 Å². The summed E-state index contributed by atoms with van der Waals surface area (Å²) in [4.78, 5) is 19.0. The molecule has 7 heteroatoms. The number of aromatic carboxylic acids is 1. The first-order valence-electron chi connectivity index (χ1n) is 6.50. The van der Waals surface area contributed by atoms with Crippen LogP contribution >= 0.6 is 0 Å². The molecule has 1 N–H and O–H groups in total. The Kier molecular flexibility index (Phi) is 4.19. The van der Waals surface area contributed by atoms with Crippen LogP contribution in [-0.2, 0) is 11.5 Å². The molecule has 6 nitrogen and oxygen atoms in total. The molecule has 0 aliphatic rings. The van der Waals surface area contributed by atoms with E-state index in [4.69, 9.17) is 9.84 Å². The largest absolute Gasteiger partial charge is 0.476 e. The van der Waals surface area contributed by atoms with Crippen molar-refractivity contribution in [2.75, 3.05) is 6.61 Å². The molecule has 20 heavy (non-hydrogen) atoms. The molecule has 0 radical (unpaired) electrons. The second-order valence-corrected chi connectivity index (χ2v) is 11.5. The number of carboxylic acids is 1. The third-order valence-electron chi connectivity index (χ3n) is 2.91. The van der Waals surface area contributed by atoms with Gasteiger partial charge in [0.2, 0.25) is 0 Å². The molecule has 0 amide bonds. The van der Waals surface area contributed by atoms with E-state index in [0.717, 1.165) is 12.7 Å². The lowest BCUT2D eigenvalue weighted by Crippen LogP contribution is -2.22. The monoisotopic (exact) mass is 293 g/mol. The van der Waals surface area contributed by atoms with Gasteiger partial charge in [0, 0.05) is 20.9 Å². The number of hydrogen-bond donors (Lipinski definition) is 1. The second kappa shape index (κ2) is 5.72. The quantitative estimate of drug-likeness (QED) is 0.654. The molecular formula is C13H19N3O3Si. The summed E-state index contributed by atoms with van der Waals surface area (Å²) in [6.07, 6.45) is 3.08. The minimum Gasteiger partial charge on any atom is -0.476 e. The van der Waals surface area contributed by atoms with E-state index >= 15 is 0 Å². The summed E-state index contributed by atoms with van der Waals surface area (Å²) < 4.78 is 7.48. The summed E-state index contributed by atoms with van der Waals surface area (Å²) in [5.74, 6) is -1.07. The zero-order chi connectivity index (χ0) is 14.8. The lowest BCUT2D eigenvalue weighted by Gasteiger charge is -2.15. The number of rotatable bonds is 6. The van der Waals surface area contributed by atoms with Crippen LogP contribution in [0.3, 0.4) is 0 Å². The van der Waals surface area contributed by atoms with E-state index in [1.54, 1.807) is 6.07 Å². The van der Waals surface area contributed by atoms with Crippen molar-refractivity contribution >= 4 is 25.2 Å². The fraction of sp³-hybridized carbons (Fsp3) is 0.462. The number of fused-ring (bicyclic) bond motifs is 1. The van der Waals surface area contributed by atoms with Gasteiger partial charge in [-0.1, -0.05) is 19.6 Å². The van der Waals surface area contributed by atoms with Gasteiger partial charge in [-0.2, -0.15) is 0 Å². The second-order valence-electron chi connectivity index (χ2n) is 5.90. The third kappa shape index (κ3) is 3.64. The topological polar surface area (TPSA) is 77.2 Å². The number of carboxylic acid groups (broad SMARTS) is 1. The Morgan fingerprint density at radius 2 is 2.20 bits per heavy atom. The smallest absolute Gasteiger partial charge is 0.356 e. The van der Waals surface area contributed by atoms with Gasteiger partial charge in [-0.05, 0) is 12.1 Å². The molecule has 2 rings (SSSR count). The molecule has 2 aromatic heterocycles. The molecule has 2 heterocycles. The summed E-state index contributed by atoms with van der Waals surface area (Å²) in [7, 11) is -1.08. The average Bonchev–Trinajstić information content (AvgIpc) is 2.76. The molecule has 2 aromatic rings. The number of aromatic nitrogens is 3. The Morgan fingerprint density at radius 3 is 2.85 bits per heavy atom. The fourth-order valence-corrected chi connectivity index (χ4v) is 2.47. The fourth-order valence-electron chi connectivity index (χ4n) is 1.71. The maximum absolute atomic E-state index is 10.8. The lowest BCUT2D eigenvalue weighted by atomic mass is 10.4. The van der Waals surface area contributed by atoms with E-state index < -0.39 is 14.0 Å². The van der Waals surface area contributed by atoms with E-state index in [-0.39, 0.29) is 5.69 Å². The molecule has 0 fully saturated rings. The summed E-state index contributed by atoms with van der Waals surface area (Å²) in [5, 5.41) is 8.87. The predicted octanol–water partition coefficient (Wildman–Crippen LogP) is 2.44. The van der Waals surface area contributed by atoms with Crippen molar-refractivity contribution in [2.45, 2.75) is 32.4 Å². The number of hydrogen-bond acceptors (Lipinski definition) is 4. The number of carbonyl (C=O) groups is 1. The highest BCUT2D eigenvalue weighted by Crippen LogP contribution is 2.12. The molecule has 0 aromatic carbocycles. The van der Waals surface area contributed by atoms with Crippen LogP contribution in [0.2, 0.25) is 25.7 Å². The van der Waals surface area contributed by atoms with Crippen molar-refractivity contribution in [3.63, 3.8) is 0 Å². The Balaban J connectivity index is 2.03. The van der Waals surface area contributed by atoms with Gasteiger partial charge in [-0.3, -0.25) is 0 Å². The van der Waals surface area contributed by atoms with Gasteiger partial charge in [-0.25, -0.2) is 14.8 Å². The number of ether oxygens (including phenoxy) is 1.